The molecule has 1 saturated carbocycles. The van der Waals surface area contributed by atoms with Gasteiger partial charge in [-0.3, -0.25) is 9.59 Å². The first-order chi connectivity index (χ1) is 9.51. The van der Waals surface area contributed by atoms with Gasteiger partial charge < -0.3 is 16.0 Å². The minimum Gasteiger partial charge on any atom is -0.350 e. The van der Waals surface area contributed by atoms with Crippen LogP contribution in [-0.4, -0.2) is 42.9 Å². The number of nitrogens with two attached hydrogens (primary N) is 1. The Bertz CT molecular complexity index is 507. The summed E-state index contributed by atoms with van der Waals surface area (Å²) in [6.45, 7) is 0.503. The number of nitrogens with zero attached hydrogens (tertiary/aromatic N) is 1. The topological polar surface area (TPSA) is 75.4 Å². The number of amides is 2. The summed E-state index contributed by atoms with van der Waals surface area (Å²) >= 11 is 4.68. The molecule has 1 aromatic rings. The van der Waals surface area contributed by atoms with Gasteiger partial charge >= 0.3 is 0 Å². The van der Waals surface area contributed by atoms with Gasteiger partial charge in [-0.2, -0.15) is 0 Å². The molecule has 0 aliphatic heterocycles. The second-order valence-electron chi connectivity index (χ2n) is 5.01. The first kappa shape index (κ1) is 18.4. The lowest BCUT2D eigenvalue weighted by atomic mass is 10.2. The molecular weight excluding hydrogens is 378 g/mol. The van der Waals surface area contributed by atoms with Gasteiger partial charge in [0.05, 0.1) is 15.2 Å². The largest absolute Gasteiger partial charge is 0.350 e. The summed E-state index contributed by atoms with van der Waals surface area (Å²) in [4.78, 5) is 26.1. The number of rotatable bonds is 6. The van der Waals surface area contributed by atoms with Gasteiger partial charge in [-0.15, -0.1) is 23.7 Å². The highest BCUT2D eigenvalue weighted by Gasteiger charge is 2.31. The van der Waals surface area contributed by atoms with E-state index in [1.807, 2.05) is 6.07 Å². The van der Waals surface area contributed by atoms with Crippen LogP contribution < -0.4 is 11.1 Å². The number of thiophene rings is 1. The monoisotopic (exact) mass is 395 g/mol. The molecule has 0 saturated heterocycles. The van der Waals surface area contributed by atoms with Crippen LogP contribution in [-0.2, 0) is 4.79 Å². The van der Waals surface area contributed by atoms with Crippen LogP contribution in [0.5, 0.6) is 0 Å². The van der Waals surface area contributed by atoms with E-state index in [4.69, 9.17) is 5.73 Å². The Labute approximate surface area is 142 Å². The molecule has 1 aromatic heterocycles. The molecule has 118 valence electrons. The van der Waals surface area contributed by atoms with Crippen molar-refractivity contribution in [3.05, 3.63) is 20.8 Å². The lowest BCUT2D eigenvalue weighted by Gasteiger charge is -2.20. The van der Waals surface area contributed by atoms with Crippen molar-refractivity contribution in [2.24, 2.45) is 11.7 Å². The number of nitrogens with one attached hydrogen (secondary N) is 1. The van der Waals surface area contributed by atoms with E-state index in [-0.39, 0.29) is 36.8 Å². The second kappa shape index (κ2) is 8.12. The van der Waals surface area contributed by atoms with Crippen LogP contribution in [0.15, 0.2) is 15.9 Å². The minimum atomic E-state index is -0.154. The standard InChI is InChI=1S/C13H18BrN3O2S.ClH/c1-17(13(19)10-4-5-11(14)20-10)7-12(18)16-9(6-15)8-2-3-8;/h4-5,8-9H,2-3,6-7,15H2,1H3,(H,16,18);1H. The summed E-state index contributed by atoms with van der Waals surface area (Å²) in [5, 5.41) is 2.91. The van der Waals surface area contributed by atoms with E-state index < -0.39 is 0 Å². The molecule has 3 N–H and O–H groups in total. The Hall–Kier alpha value is -0.630. The van der Waals surface area contributed by atoms with Gasteiger partial charge in [-0.1, -0.05) is 0 Å². The maximum absolute atomic E-state index is 12.1. The van der Waals surface area contributed by atoms with Crippen LogP contribution >= 0.6 is 39.7 Å². The third-order valence-electron chi connectivity index (χ3n) is 3.30. The molecule has 1 atom stereocenters. The molecule has 1 fully saturated rings. The molecule has 1 heterocycles. The van der Waals surface area contributed by atoms with E-state index in [0.29, 0.717) is 17.3 Å². The van der Waals surface area contributed by atoms with E-state index >= 15 is 0 Å². The Morgan fingerprint density at radius 3 is 2.67 bits per heavy atom. The zero-order valence-corrected chi connectivity index (χ0v) is 14.9. The summed E-state index contributed by atoms with van der Waals surface area (Å²) in [5.74, 6) is 0.212. The zero-order chi connectivity index (χ0) is 14.7. The Morgan fingerprint density at radius 2 is 2.19 bits per heavy atom. The van der Waals surface area contributed by atoms with Crippen molar-refractivity contribution < 1.29 is 9.59 Å². The number of hydrogen-bond acceptors (Lipinski definition) is 4. The van der Waals surface area contributed by atoms with Crippen molar-refractivity contribution in [2.75, 3.05) is 20.1 Å². The first-order valence-electron chi connectivity index (χ1n) is 6.51. The molecule has 8 heteroatoms. The molecule has 21 heavy (non-hydrogen) atoms. The van der Waals surface area contributed by atoms with Crippen LogP contribution in [0.25, 0.3) is 0 Å². The molecule has 0 bridgehead atoms. The summed E-state index contributed by atoms with van der Waals surface area (Å²) < 4.78 is 0.899. The molecule has 2 rings (SSSR count). The van der Waals surface area contributed by atoms with Gasteiger partial charge in [0.15, 0.2) is 0 Å². The summed E-state index contributed by atoms with van der Waals surface area (Å²) in [7, 11) is 1.63. The Morgan fingerprint density at radius 1 is 1.52 bits per heavy atom. The fraction of sp³-hybridized carbons (Fsp3) is 0.538. The predicted molar refractivity (Wildman–Crippen MR) is 89.9 cm³/mol. The maximum atomic E-state index is 12.1. The highest BCUT2D eigenvalue weighted by atomic mass is 79.9. The smallest absolute Gasteiger partial charge is 0.264 e. The van der Waals surface area contributed by atoms with Gasteiger partial charge in [0.2, 0.25) is 5.91 Å². The fourth-order valence-corrected chi connectivity index (χ4v) is 3.41. The lowest BCUT2D eigenvalue weighted by molar-refractivity contribution is -0.122. The van der Waals surface area contributed by atoms with Crippen molar-refractivity contribution in [3.8, 4) is 0 Å². The first-order valence-corrected chi connectivity index (χ1v) is 8.12. The van der Waals surface area contributed by atoms with Crippen LogP contribution in [0.4, 0.5) is 0 Å². The maximum Gasteiger partial charge on any atom is 0.264 e. The van der Waals surface area contributed by atoms with Crippen molar-refractivity contribution in [2.45, 2.75) is 18.9 Å². The second-order valence-corrected chi connectivity index (χ2v) is 7.48. The van der Waals surface area contributed by atoms with Crippen molar-refractivity contribution in [1.29, 1.82) is 0 Å². The van der Waals surface area contributed by atoms with Gasteiger partial charge in [0.25, 0.3) is 5.91 Å². The molecule has 2 amide bonds. The van der Waals surface area contributed by atoms with E-state index in [1.165, 1.54) is 16.2 Å². The van der Waals surface area contributed by atoms with E-state index in [0.717, 1.165) is 16.6 Å². The van der Waals surface area contributed by atoms with Gasteiger partial charge in [0, 0.05) is 19.6 Å². The highest BCUT2D eigenvalue weighted by molar-refractivity contribution is 9.11. The Balaban J connectivity index is 0.00000220. The van der Waals surface area contributed by atoms with Gasteiger partial charge in [-0.25, -0.2) is 0 Å². The van der Waals surface area contributed by atoms with Crippen molar-refractivity contribution in [1.82, 2.24) is 10.2 Å². The molecule has 0 aromatic carbocycles. The Kier molecular flexibility index (Phi) is 7.12. The molecule has 5 nitrogen and oxygen atoms in total. The van der Waals surface area contributed by atoms with E-state index in [2.05, 4.69) is 21.2 Å². The summed E-state index contributed by atoms with van der Waals surface area (Å²) in [6, 6.07) is 3.61. The highest BCUT2D eigenvalue weighted by Crippen LogP contribution is 2.32. The average Bonchev–Trinajstić information content (AvgIpc) is 3.16. The molecule has 0 radical (unpaired) electrons. The number of likely N-dealkylation sites (N-methyl/N-ethyl adjacent to an activating group) is 1. The number of carbonyl (C=O) groups excluding carboxylic acids is 2. The predicted octanol–water partition coefficient (Wildman–Crippen LogP) is 1.86. The third kappa shape index (κ3) is 5.25. The third-order valence-corrected chi connectivity index (χ3v) is 4.91. The van der Waals surface area contributed by atoms with Crippen LogP contribution in [0, 0.1) is 5.92 Å². The van der Waals surface area contributed by atoms with E-state index in [1.54, 1.807) is 13.1 Å². The summed E-state index contributed by atoms with van der Waals surface area (Å²) in [6.07, 6.45) is 2.25. The van der Waals surface area contributed by atoms with Crippen molar-refractivity contribution in [3.63, 3.8) is 0 Å². The van der Waals surface area contributed by atoms with Crippen LogP contribution in [0.2, 0.25) is 0 Å². The number of carbonyl (C=O) groups is 2. The molecule has 1 unspecified atom stereocenters. The lowest BCUT2D eigenvalue weighted by Crippen LogP contribution is -2.46. The van der Waals surface area contributed by atoms with Crippen LogP contribution in [0.3, 0.4) is 0 Å². The zero-order valence-electron chi connectivity index (χ0n) is 11.7. The number of halogens is 2. The quantitative estimate of drug-likeness (QED) is 0.770. The van der Waals surface area contributed by atoms with Crippen LogP contribution in [0.1, 0.15) is 22.5 Å². The SMILES string of the molecule is CN(CC(=O)NC(CN)C1CC1)C(=O)c1ccc(Br)s1.Cl. The molecule has 1 aliphatic carbocycles. The number of hydrogen-bond donors (Lipinski definition) is 2. The minimum absolute atomic E-state index is 0. The van der Waals surface area contributed by atoms with Gasteiger partial charge in [-0.05, 0) is 46.8 Å². The summed E-state index contributed by atoms with van der Waals surface area (Å²) in [5.41, 5.74) is 5.65. The normalized spacial score (nSPS) is 15.0. The molecular formula is C13H19BrClN3O2S. The van der Waals surface area contributed by atoms with Crippen molar-refractivity contribution >= 4 is 51.5 Å². The molecule has 1 aliphatic rings. The fourth-order valence-electron chi connectivity index (χ4n) is 2.02. The average molecular weight is 397 g/mol. The molecule has 0 spiro atoms. The van der Waals surface area contributed by atoms with E-state index in [9.17, 15) is 9.59 Å². The van der Waals surface area contributed by atoms with Gasteiger partial charge in [0.1, 0.15) is 0 Å².